The normalized spacial score (nSPS) is 18.5. The van der Waals surface area contributed by atoms with Gasteiger partial charge in [0.2, 0.25) is 0 Å². The summed E-state index contributed by atoms with van der Waals surface area (Å²) >= 11 is 0. The lowest BCUT2D eigenvalue weighted by molar-refractivity contribution is -0.119. The lowest BCUT2D eigenvalue weighted by Crippen LogP contribution is -2.47. The zero-order valence-electron chi connectivity index (χ0n) is 7.59. The van der Waals surface area contributed by atoms with Crippen LogP contribution < -0.4 is 10.6 Å². The maximum absolute atomic E-state index is 11.5. The highest BCUT2D eigenvalue weighted by Crippen LogP contribution is 2.27. The second-order valence-corrected chi connectivity index (χ2v) is 3.60. The smallest absolute Gasteiger partial charge is 0.250 e. The molecule has 0 saturated heterocycles. The minimum absolute atomic E-state index is 0.0568. The van der Waals surface area contributed by atoms with Crippen LogP contribution >= 0.6 is 0 Å². The highest BCUT2D eigenvalue weighted by Gasteiger charge is 2.32. The van der Waals surface area contributed by atoms with Gasteiger partial charge in [-0.1, -0.05) is 0 Å². The van der Waals surface area contributed by atoms with Crippen molar-refractivity contribution in [1.82, 2.24) is 4.98 Å². The van der Waals surface area contributed by atoms with Crippen molar-refractivity contribution in [2.75, 3.05) is 10.6 Å². The van der Waals surface area contributed by atoms with Crippen molar-refractivity contribution in [1.29, 1.82) is 0 Å². The SMILES string of the molecule is CC1(C)Nc2cccnc2NC1=O. The Hall–Kier alpha value is -1.58. The van der Waals surface area contributed by atoms with Crippen molar-refractivity contribution in [3.63, 3.8) is 0 Å². The molecule has 0 fully saturated rings. The maximum atomic E-state index is 11.5. The molecule has 0 bridgehead atoms. The maximum Gasteiger partial charge on any atom is 0.250 e. The van der Waals surface area contributed by atoms with E-state index in [1.807, 2.05) is 26.0 Å². The molecule has 0 aromatic carbocycles. The van der Waals surface area contributed by atoms with Gasteiger partial charge < -0.3 is 10.6 Å². The molecular formula is C9H11N3O. The zero-order valence-corrected chi connectivity index (χ0v) is 7.59. The van der Waals surface area contributed by atoms with Crippen molar-refractivity contribution < 1.29 is 4.79 Å². The molecule has 4 nitrogen and oxygen atoms in total. The van der Waals surface area contributed by atoms with Crippen LogP contribution in [-0.2, 0) is 4.79 Å². The minimum Gasteiger partial charge on any atom is -0.369 e. The number of rotatable bonds is 0. The summed E-state index contributed by atoms with van der Waals surface area (Å²) in [6.07, 6.45) is 1.65. The summed E-state index contributed by atoms with van der Waals surface area (Å²) in [6.45, 7) is 3.66. The summed E-state index contributed by atoms with van der Waals surface area (Å²) in [4.78, 5) is 15.5. The fourth-order valence-corrected chi connectivity index (χ4v) is 1.26. The van der Waals surface area contributed by atoms with Crippen molar-refractivity contribution in [3.05, 3.63) is 18.3 Å². The Labute approximate surface area is 76.4 Å². The zero-order chi connectivity index (χ0) is 9.47. The van der Waals surface area contributed by atoms with Gasteiger partial charge >= 0.3 is 0 Å². The fraction of sp³-hybridized carbons (Fsp3) is 0.333. The Balaban J connectivity index is 2.44. The van der Waals surface area contributed by atoms with Crippen LogP contribution in [0.4, 0.5) is 11.5 Å². The van der Waals surface area contributed by atoms with Gasteiger partial charge in [0.1, 0.15) is 5.54 Å². The quantitative estimate of drug-likeness (QED) is 0.626. The van der Waals surface area contributed by atoms with E-state index >= 15 is 0 Å². The number of carbonyl (C=O) groups is 1. The predicted molar refractivity (Wildman–Crippen MR) is 50.6 cm³/mol. The van der Waals surface area contributed by atoms with Gasteiger partial charge in [-0.15, -0.1) is 0 Å². The lowest BCUT2D eigenvalue weighted by atomic mass is 10.0. The number of carbonyl (C=O) groups excluding carboxylic acids is 1. The first-order chi connectivity index (χ1) is 6.09. The first-order valence-corrected chi connectivity index (χ1v) is 4.14. The third kappa shape index (κ3) is 1.24. The van der Waals surface area contributed by atoms with Crippen molar-refractivity contribution >= 4 is 17.4 Å². The third-order valence-corrected chi connectivity index (χ3v) is 2.05. The van der Waals surface area contributed by atoms with Crippen LogP contribution in [0.25, 0.3) is 0 Å². The van der Waals surface area contributed by atoms with Crippen molar-refractivity contribution in [3.8, 4) is 0 Å². The Morgan fingerprint density at radius 1 is 1.46 bits per heavy atom. The van der Waals surface area contributed by atoms with Crippen LogP contribution in [0.15, 0.2) is 18.3 Å². The average molecular weight is 177 g/mol. The molecule has 1 aliphatic rings. The Morgan fingerprint density at radius 3 is 3.00 bits per heavy atom. The molecule has 1 aromatic rings. The largest absolute Gasteiger partial charge is 0.369 e. The molecule has 0 radical (unpaired) electrons. The number of nitrogens with zero attached hydrogens (tertiary/aromatic N) is 1. The van der Waals surface area contributed by atoms with E-state index in [9.17, 15) is 4.79 Å². The number of pyridine rings is 1. The number of aromatic nitrogens is 1. The summed E-state index contributed by atoms with van der Waals surface area (Å²) in [7, 11) is 0. The number of amides is 1. The van der Waals surface area contributed by atoms with E-state index in [1.165, 1.54) is 0 Å². The molecule has 0 aliphatic carbocycles. The second-order valence-electron chi connectivity index (χ2n) is 3.60. The summed E-state index contributed by atoms with van der Waals surface area (Å²) in [6, 6.07) is 3.73. The van der Waals surface area contributed by atoms with Gasteiger partial charge in [-0.3, -0.25) is 4.79 Å². The molecule has 2 N–H and O–H groups in total. The first kappa shape index (κ1) is 8.04. The molecule has 4 heteroatoms. The van der Waals surface area contributed by atoms with Crippen LogP contribution in [0.5, 0.6) is 0 Å². The molecule has 2 heterocycles. The molecular weight excluding hydrogens is 166 g/mol. The molecule has 0 saturated carbocycles. The summed E-state index contributed by atoms with van der Waals surface area (Å²) in [5.74, 6) is 0.547. The molecule has 0 atom stereocenters. The molecule has 68 valence electrons. The number of anilines is 2. The van der Waals surface area contributed by atoms with Gasteiger partial charge in [0.25, 0.3) is 5.91 Å². The number of hydrogen-bond acceptors (Lipinski definition) is 3. The highest BCUT2D eigenvalue weighted by molar-refractivity contribution is 6.04. The average Bonchev–Trinajstić information content (AvgIpc) is 2.06. The minimum atomic E-state index is -0.559. The third-order valence-electron chi connectivity index (χ3n) is 2.05. The number of fused-ring (bicyclic) bond motifs is 1. The molecule has 1 amide bonds. The van der Waals surface area contributed by atoms with Crippen LogP contribution in [0.3, 0.4) is 0 Å². The van der Waals surface area contributed by atoms with E-state index < -0.39 is 5.54 Å². The van der Waals surface area contributed by atoms with E-state index in [1.54, 1.807) is 6.20 Å². The van der Waals surface area contributed by atoms with Crippen LogP contribution in [0.1, 0.15) is 13.8 Å². The van der Waals surface area contributed by atoms with Crippen LogP contribution in [-0.4, -0.2) is 16.4 Å². The Morgan fingerprint density at radius 2 is 2.23 bits per heavy atom. The van der Waals surface area contributed by atoms with Crippen LogP contribution in [0.2, 0.25) is 0 Å². The number of nitrogens with one attached hydrogen (secondary N) is 2. The van der Waals surface area contributed by atoms with Gasteiger partial charge in [-0.05, 0) is 26.0 Å². The summed E-state index contributed by atoms with van der Waals surface area (Å²) in [5, 5.41) is 5.85. The molecule has 0 spiro atoms. The van der Waals surface area contributed by atoms with Crippen molar-refractivity contribution in [2.45, 2.75) is 19.4 Å². The van der Waals surface area contributed by atoms with Gasteiger partial charge in [0.15, 0.2) is 5.82 Å². The Kier molecular flexibility index (Phi) is 1.52. The standard InChI is InChI=1S/C9H11N3O/c1-9(2)8(13)11-7-6(12-9)4-3-5-10-7/h3-5,12H,1-2H3,(H,10,11,13). The van der Waals surface area contributed by atoms with Gasteiger partial charge in [0, 0.05) is 6.20 Å². The van der Waals surface area contributed by atoms with E-state index in [0.29, 0.717) is 5.82 Å². The fourth-order valence-electron chi connectivity index (χ4n) is 1.26. The van der Waals surface area contributed by atoms with Gasteiger partial charge in [-0.25, -0.2) is 4.98 Å². The van der Waals surface area contributed by atoms with Crippen molar-refractivity contribution in [2.24, 2.45) is 0 Å². The molecule has 2 rings (SSSR count). The molecule has 13 heavy (non-hydrogen) atoms. The number of hydrogen-bond donors (Lipinski definition) is 2. The molecule has 1 aromatic heterocycles. The highest BCUT2D eigenvalue weighted by atomic mass is 16.2. The summed E-state index contributed by atoms with van der Waals surface area (Å²) < 4.78 is 0. The van der Waals surface area contributed by atoms with E-state index in [2.05, 4.69) is 15.6 Å². The molecule has 0 unspecified atom stereocenters. The predicted octanol–water partition coefficient (Wildman–Crippen LogP) is 1.22. The first-order valence-electron chi connectivity index (χ1n) is 4.14. The Bertz CT molecular complexity index is 360. The molecule has 1 aliphatic heterocycles. The second kappa shape index (κ2) is 2.45. The monoisotopic (exact) mass is 177 g/mol. The van der Waals surface area contributed by atoms with E-state index in [0.717, 1.165) is 5.69 Å². The topological polar surface area (TPSA) is 54.0 Å². The summed E-state index contributed by atoms with van der Waals surface area (Å²) in [5.41, 5.74) is 0.308. The van der Waals surface area contributed by atoms with Gasteiger partial charge in [-0.2, -0.15) is 0 Å². The van der Waals surface area contributed by atoms with Crippen LogP contribution in [0, 0.1) is 0 Å². The lowest BCUT2D eigenvalue weighted by Gasteiger charge is -2.31. The van der Waals surface area contributed by atoms with E-state index in [4.69, 9.17) is 0 Å². The van der Waals surface area contributed by atoms with Gasteiger partial charge in [0.05, 0.1) is 5.69 Å². The van der Waals surface area contributed by atoms with E-state index in [-0.39, 0.29) is 5.91 Å².